The number of rotatable bonds is 34. The van der Waals surface area contributed by atoms with Crippen molar-refractivity contribution in [2.75, 3.05) is 54.1 Å². The molecular formula is C35H73NO7P+. The summed E-state index contributed by atoms with van der Waals surface area (Å²) >= 11 is 0. The fourth-order valence-corrected chi connectivity index (χ4v) is 5.76. The van der Waals surface area contributed by atoms with Crippen LogP contribution in [0.5, 0.6) is 0 Å². The van der Waals surface area contributed by atoms with Gasteiger partial charge in [0.2, 0.25) is 0 Å². The van der Waals surface area contributed by atoms with Gasteiger partial charge in [0.25, 0.3) is 0 Å². The minimum atomic E-state index is -4.25. The number of nitrogens with zero attached hydrogens (tertiary/aromatic N) is 1. The average molecular weight is 651 g/mol. The molecule has 264 valence electrons. The van der Waals surface area contributed by atoms with Gasteiger partial charge in [0, 0.05) is 13.0 Å². The topological polar surface area (TPSA) is 91.3 Å². The van der Waals surface area contributed by atoms with Crippen molar-refractivity contribution in [3.05, 3.63) is 0 Å². The zero-order valence-electron chi connectivity index (χ0n) is 29.7. The molecule has 0 bridgehead atoms. The van der Waals surface area contributed by atoms with E-state index in [1.54, 1.807) is 0 Å². The molecule has 0 aromatic carbocycles. The summed E-state index contributed by atoms with van der Waals surface area (Å²) in [4.78, 5) is 22.7. The summed E-state index contributed by atoms with van der Waals surface area (Å²) in [5.74, 6) is -0.314. The number of quaternary nitrogens is 1. The molecule has 0 aliphatic heterocycles. The fourth-order valence-electron chi connectivity index (χ4n) is 5.02. The smallest absolute Gasteiger partial charge is 0.457 e. The highest BCUT2D eigenvalue weighted by Crippen LogP contribution is 2.43. The zero-order chi connectivity index (χ0) is 32.8. The van der Waals surface area contributed by atoms with Crippen LogP contribution in [0.3, 0.4) is 0 Å². The number of carbonyl (C=O) groups is 1. The maximum atomic E-state index is 12.5. The highest BCUT2D eigenvalue weighted by molar-refractivity contribution is 7.47. The third kappa shape index (κ3) is 32.9. The Labute approximate surface area is 272 Å². The van der Waals surface area contributed by atoms with Crippen LogP contribution in [0.15, 0.2) is 0 Å². The Morgan fingerprint density at radius 1 is 0.614 bits per heavy atom. The van der Waals surface area contributed by atoms with Gasteiger partial charge in [-0.1, -0.05) is 142 Å². The van der Waals surface area contributed by atoms with E-state index in [9.17, 15) is 14.3 Å². The molecule has 9 heteroatoms. The number of unbranched alkanes of at least 4 members (excludes halogenated alkanes) is 20. The first kappa shape index (κ1) is 43.5. The van der Waals surface area contributed by atoms with Gasteiger partial charge in [-0.15, -0.1) is 0 Å². The minimum Gasteiger partial charge on any atom is -0.457 e. The molecule has 1 unspecified atom stereocenters. The highest BCUT2D eigenvalue weighted by Gasteiger charge is 2.26. The van der Waals surface area contributed by atoms with Gasteiger partial charge in [0.1, 0.15) is 19.3 Å². The molecule has 0 spiro atoms. The Kier molecular flexibility index (Phi) is 29.5. The predicted octanol–water partition coefficient (Wildman–Crippen LogP) is 9.77. The van der Waals surface area contributed by atoms with Gasteiger partial charge in [0.05, 0.1) is 34.4 Å². The molecule has 0 aromatic heterocycles. The Morgan fingerprint density at radius 2 is 1.05 bits per heavy atom. The molecule has 0 rings (SSSR count). The van der Waals surface area contributed by atoms with Crippen molar-refractivity contribution >= 4 is 13.8 Å². The first-order valence-electron chi connectivity index (χ1n) is 18.3. The third-order valence-corrected chi connectivity index (χ3v) is 8.90. The number of ether oxygens (including phenoxy) is 2. The second-order valence-electron chi connectivity index (χ2n) is 13.6. The van der Waals surface area contributed by atoms with Gasteiger partial charge < -0.3 is 18.9 Å². The standard InChI is InChI=1S/C35H72NO7P/c1-6-8-10-12-14-16-18-19-21-23-25-27-30-40-32-34(33-42-44(38,39)41-31-29-36(3,4)5)43-35(37)28-26-24-22-20-17-15-13-11-9-7-2/h34H,6-33H2,1-5H3/p+1/t34-/m1/s1. The van der Waals surface area contributed by atoms with E-state index < -0.39 is 13.9 Å². The van der Waals surface area contributed by atoms with Crippen LogP contribution >= 0.6 is 7.82 Å². The van der Waals surface area contributed by atoms with E-state index in [0.717, 1.165) is 32.1 Å². The number of phosphoric ester groups is 1. The average Bonchev–Trinajstić information content (AvgIpc) is 2.96. The maximum Gasteiger partial charge on any atom is 0.472 e. The summed E-state index contributed by atoms with van der Waals surface area (Å²) < 4.78 is 34.7. The predicted molar refractivity (Wildman–Crippen MR) is 183 cm³/mol. The molecule has 0 radical (unpaired) electrons. The van der Waals surface area contributed by atoms with Crippen LogP contribution in [-0.2, 0) is 27.9 Å². The molecule has 44 heavy (non-hydrogen) atoms. The fraction of sp³-hybridized carbons (Fsp3) is 0.971. The maximum absolute atomic E-state index is 12.5. The summed E-state index contributed by atoms with van der Waals surface area (Å²) in [5.41, 5.74) is 0. The molecule has 0 saturated carbocycles. The van der Waals surface area contributed by atoms with Gasteiger partial charge in [-0.3, -0.25) is 13.8 Å². The van der Waals surface area contributed by atoms with Crippen molar-refractivity contribution in [1.82, 2.24) is 0 Å². The van der Waals surface area contributed by atoms with E-state index in [2.05, 4.69) is 13.8 Å². The lowest BCUT2D eigenvalue weighted by Crippen LogP contribution is -2.37. The van der Waals surface area contributed by atoms with Crippen LogP contribution in [0.25, 0.3) is 0 Å². The monoisotopic (exact) mass is 651 g/mol. The van der Waals surface area contributed by atoms with E-state index in [1.165, 1.54) is 109 Å². The molecule has 0 heterocycles. The summed E-state index contributed by atoms with van der Waals surface area (Å²) in [6, 6.07) is 0. The van der Waals surface area contributed by atoms with Crippen LogP contribution in [0.4, 0.5) is 0 Å². The first-order valence-corrected chi connectivity index (χ1v) is 19.8. The second-order valence-corrected chi connectivity index (χ2v) is 15.1. The van der Waals surface area contributed by atoms with Crippen molar-refractivity contribution in [2.45, 2.75) is 168 Å². The Morgan fingerprint density at radius 3 is 1.50 bits per heavy atom. The van der Waals surface area contributed by atoms with E-state index in [4.69, 9.17) is 18.5 Å². The van der Waals surface area contributed by atoms with Gasteiger partial charge in [-0.2, -0.15) is 0 Å². The van der Waals surface area contributed by atoms with E-state index in [0.29, 0.717) is 24.1 Å². The van der Waals surface area contributed by atoms with Gasteiger partial charge in [-0.25, -0.2) is 4.57 Å². The molecule has 0 aliphatic carbocycles. The summed E-state index contributed by atoms with van der Waals surface area (Å²) in [6.07, 6.45) is 26.9. The van der Waals surface area contributed by atoms with Crippen molar-refractivity contribution < 1.29 is 37.3 Å². The number of carbonyl (C=O) groups excluding carboxylic acids is 1. The van der Waals surface area contributed by atoms with Crippen molar-refractivity contribution in [2.24, 2.45) is 0 Å². The zero-order valence-corrected chi connectivity index (χ0v) is 30.6. The number of hydrogen-bond donors (Lipinski definition) is 1. The number of hydrogen-bond acceptors (Lipinski definition) is 6. The number of phosphoric acid groups is 1. The summed E-state index contributed by atoms with van der Waals surface area (Å²) in [7, 11) is 1.68. The largest absolute Gasteiger partial charge is 0.472 e. The van der Waals surface area contributed by atoms with Crippen molar-refractivity contribution in [1.29, 1.82) is 0 Å². The van der Waals surface area contributed by atoms with Crippen molar-refractivity contribution in [3.63, 3.8) is 0 Å². The molecule has 0 aromatic rings. The second kappa shape index (κ2) is 29.9. The molecule has 0 saturated heterocycles. The van der Waals surface area contributed by atoms with Gasteiger partial charge in [-0.05, 0) is 12.8 Å². The van der Waals surface area contributed by atoms with E-state index >= 15 is 0 Å². The molecule has 8 nitrogen and oxygen atoms in total. The van der Waals surface area contributed by atoms with Crippen LogP contribution in [-0.4, -0.2) is 75.6 Å². The van der Waals surface area contributed by atoms with E-state index in [-0.39, 0.29) is 25.8 Å². The van der Waals surface area contributed by atoms with Gasteiger partial charge in [0.15, 0.2) is 0 Å². The third-order valence-electron chi connectivity index (χ3n) is 7.92. The van der Waals surface area contributed by atoms with Crippen LogP contribution in [0.2, 0.25) is 0 Å². The lowest BCUT2D eigenvalue weighted by atomic mass is 10.1. The van der Waals surface area contributed by atoms with Crippen LogP contribution in [0.1, 0.15) is 162 Å². The minimum absolute atomic E-state index is 0.0932. The quantitative estimate of drug-likeness (QED) is 0.0321. The first-order chi connectivity index (χ1) is 21.1. The highest BCUT2D eigenvalue weighted by atomic mass is 31.2. The Hall–Kier alpha value is -0.500. The molecule has 0 amide bonds. The lowest BCUT2D eigenvalue weighted by Gasteiger charge is -2.24. The van der Waals surface area contributed by atoms with Crippen molar-refractivity contribution in [3.8, 4) is 0 Å². The number of likely N-dealkylation sites (N-methyl/N-ethyl adjacent to an activating group) is 1. The Balaban J connectivity index is 4.30. The molecule has 2 atom stereocenters. The summed E-state index contributed by atoms with van der Waals surface area (Å²) in [5, 5.41) is 0. The lowest BCUT2D eigenvalue weighted by molar-refractivity contribution is -0.870. The van der Waals surface area contributed by atoms with Crippen LogP contribution < -0.4 is 0 Å². The molecule has 1 N–H and O–H groups in total. The van der Waals surface area contributed by atoms with E-state index in [1.807, 2.05) is 21.1 Å². The Bertz CT molecular complexity index is 686. The SMILES string of the molecule is CCCCCCCCCCCCCCOC[C@H](COP(=O)(O)OCC[N+](C)(C)C)OC(=O)CCCCCCCCCCCC. The molecular weight excluding hydrogens is 577 g/mol. The summed E-state index contributed by atoms with van der Waals surface area (Å²) in [6.45, 7) is 5.63. The molecule has 0 fully saturated rings. The number of esters is 1. The molecule has 0 aliphatic rings. The van der Waals surface area contributed by atoms with Gasteiger partial charge >= 0.3 is 13.8 Å². The normalized spacial score (nSPS) is 14.0. The van der Waals surface area contributed by atoms with Crippen LogP contribution in [0, 0.1) is 0 Å².